The Morgan fingerprint density at radius 2 is 1.90 bits per heavy atom. The van der Waals surface area contributed by atoms with Crippen LogP contribution in [-0.2, 0) is 16.1 Å². The number of hydrogen-bond acceptors (Lipinski definition) is 5. The summed E-state index contributed by atoms with van der Waals surface area (Å²) in [7, 11) is 3.82. The summed E-state index contributed by atoms with van der Waals surface area (Å²) in [4.78, 5) is 45.7. The van der Waals surface area contributed by atoms with Crippen LogP contribution in [0.1, 0.15) is 40.4 Å². The molecular weight excluding hydrogens is 382 g/mol. The van der Waals surface area contributed by atoms with E-state index in [-0.39, 0.29) is 30.3 Å². The molecule has 30 heavy (non-hydrogen) atoms. The van der Waals surface area contributed by atoms with Crippen LogP contribution in [0.4, 0.5) is 5.82 Å². The van der Waals surface area contributed by atoms with Gasteiger partial charge >= 0.3 is 0 Å². The summed E-state index contributed by atoms with van der Waals surface area (Å²) >= 11 is 0. The van der Waals surface area contributed by atoms with Crippen LogP contribution in [0.3, 0.4) is 0 Å². The second-order valence-corrected chi connectivity index (χ2v) is 7.85. The second kappa shape index (κ2) is 8.14. The molecule has 156 valence electrons. The van der Waals surface area contributed by atoms with Gasteiger partial charge in [-0.3, -0.25) is 14.4 Å². The third-order valence-electron chi connectivity index (χ3n) is 5.37. The number of benzene rings is 1. The molecule has 2 N–H and O–H groups in total. The SMILES string of the molecule is CN(C)c1ccc(CNC(=O)CNC(=O)C2c3ccccc3C(=O)N2C2CC2)cn1. The topological polar surface area (TPSA) is 94.6 Å². The number of carbonyl (C=O) groups is 3. The van der Waals surface area contributed by atoms with Crippen molar-refractivity contribution < 1.29 is 14.4 Å². The number of hydrogen-bond donors (Lipinski definition) is 2. The average Bonchev–Trinajstić information content (AvgIpc) is 3.55. The van der Waals surface area contributed by atoms with E-state index in [0.29, 0.717) is 17.7 Å². The van der Waals surface area contributed by atoms with Gasteiger partial charge in [0.05, 0.1) is 6.54 Å². The summed E-state index contributed by atoms with van der Waals surface area (Å²) in [5.74, 6) is 0.110. The number of pyridine rings is 1. The number of anilines is 1. The molecule has 3 amide bonds. The molecule has 2 aliphatic rings. The minimum Gasteiger partial charge on any atom is -0.363 e. The Kier molecular flexibility index (Phi) is 5.39. The fourth-order valence-corrected chi connectivity index (χ4v) is 3.65. The maximum atomic E-state index is 12.9. The van der Waals surface area contributed by atoms with Gasteiger partial charge in [-0.1, -0.05) is 24.3 Å². The molecule has 1 aromatic carbocycles. The Morgan fingerprint density at radius 3 is 2.57 bits per heavy atom. The van der Waals surface area contributed by atoms with Gasteiger partial charge in [0.25, 0.3) is 5.91 Å². The maximum absolute atomic E-state index is 12.9. The average molecular weight is 407 g/mol. The second-order valence-electron chi connectivity index (χ2n) is 7.85. The third-order valence-corrected chi connectivity index (χ3v) is 5.37. The predicted octanol–water partition coefficient (Wildman–Crippen LogP) is 1.24. The van der Waals surface area contributed by atoms with Crippen LogP contribution in [0, 0.1) is 0 Å². The highest BCUT2D eigenvalue weighted by molar-refractivity contribution is 6.05. The summed E-state index contributed by atoms with van der Waals surface area (Å²) < 4.78 is 0. The molecule has 0 bridgehead atoms. The van der Waals surface area contributed by atoms with Crippen molar-refractivity contribution in [1.29, 1.82) is 0 Å². The molecule has 8 nitrogen and oxygen atoms in total. The summed E-state index contributed by atoms with van der Waals surface area (Å²) in [5, 5.41) is 5.47. The van der Waals surface area contributed by atoms with Gasteiger partial charge in [-0.05, 0) is 36.1 Å². The van der Waals surface area contributed by atoms with Crippen molar-refractivity contribution in [3.63, 3.8) is 0 Å². The highest BCUT2D eigenvalue weighted by atomic mass is 16.2. The van der Waals surface area contributed by atoms with Gasteiger partial charge in [0.15, 0.2) is 0 Å². The number of fused-ring (bicyclic) bond motifs is 1. The van der Waals surface area contributed by atoms with E-state index in [4.69, 9.17) is 0 Å². The molecule has 1 aliphatic heterocycles. The molecule has 1 unspecified atom stereocenters. The normalized spacial score (nSPS) is 17.5. The van der Waals surface area contributed by atoms with E-state index in [9.17, 15) is 14.4 Å². The molecule has 8 heteroatoms. The summed E-state index contributed by atoms with van der Waals surface area (Å²) in [6.07, 6.45) is 3.53. The lowest BCUT2D eigenvalue weighted by molar-refractivity contribution is -0.129. The Bertz CT molecular complexity index is 969. The van der Waals surface area contributed by atoms with E-state index < -0.39 is 6.04 Å². The first-order chi connectivity index (χ1) is 14.5. The van der Waals surface area contributed by atoms with E-state index in [1.807, 2.05) is 43.3 Å². The van der Waals surface area contributed by atoms with Gasteiger partial charge in [-0.25, -0.2) is 4.98 Å². The van der Waals surface area contributed by atoms with Crippen LogP contribution in [0.5, 0.6) is 0 Å². The molecule has 2 aromatic rings. The highest BCUT2D eigenvalue weighted by Gasteiger charge is 2.47. The fraction of sp³-hybridized carbons (Fsp3) is 0.364. The van der Waals surface area contributed by atoms with Crippen LogP contribution < -0.4 is 15.5 Å². The van der Waals surface area contributed by atoms with Crippen molar-refractivity contribution in [1.82, 2.24) is 20.5 Å². The number of rotatable bonds is 7. The summed E-state index contributed by atoms with van der Waals surface area (Å²) in [6.45, 7) is 0.182. The van der Waals surface area contributed by atoms with Crippen molar-refractivity contribution in [2.75, 3.05) is 25.5 Å². The van der Waals surface area contributed by atoms with Crippen LogP contribution in [-0.4, -0.2) is 54.3 Å². The lowest BCUT2D eigenvalue weighted by Gasteiger charge is -2.24. The van der Waals surface area contributed by atoms with Crippen LogP contribution in [0.2, 0.25) is 0 Å². The molecule has 1 fully saturated rings. The van der Waals surface area contributed by atoms with Crippen molar-refractivity contribution in [2.24, 2.45) is 0 Å². The molecule has 2 heterocycles. The molecule has 1 saturated carbocycles. The van der Waals surface area contributed by atoms with Crippen molar-refractivity contribution in [2.45, 2.75) is 31.5 Å². The Hall–Kier alpha value is -3.42. The van der Waals surface area contributed by atoms with Crippen LogP contribution >= 0.6 is 0 Å². The molecule has 1 aliphatic carbocycles. The van der Waals surface area contributed by atoms with E-state index >= 15 is 0 Å². The van der Waals surface area contributed by atoms with Crippen molar-refractivity contribution in [3.05, 3.63) is 59.3 Å². The fourth-order valence-electron chi connectivity index (χ4n) is 3.65. The van der Waals surface area contributed by atoms with Gasteiger partial charge in [0, 0.05) is 38.4 Å². The molecule has 1 atom stereocenters. The minimum atomic E-state index is -0.670. The first-order valence-corrected chi connectivity index (χ1v) is 10.0. The lowest BCUT2D eigenvalue weighted by atomic mass is 10.0. The van der Waals surface area contributed by atoms with Gasteiger partial charge in [-0.2, -0.15) is 0 Å². The molecule has 0 radical (unpaired) electrons. The smallest absolute Gasteiger partial charge is 0.255 e. The lowest BCUT2D eigenvalue weighted by Crippen LogP contribution is -2.43. The first-order valence-electron chi connectivity index (χ1n) is 10.0. The maximum Gasteiger partial charge on any atom is 0.255 e. The molecule has 4 rings (SSSR count). The van der Waals surface area contributed by atoms with E-state index in [0.717, 1.165) is 24.2 Å². The van der Waals surface area contributed by atoms with Crippen molar-refractivity contribution in [3.8, 4) is 0 Å². The number of amides is 3. The highest BCUT2D eigenvalue weighted by Crippen LogP contribution is 2.41. The van der Waals surface area contributed by atoms with E-state index in [2.05, 4.69) is 15.6 Å². The Morgan fingerprint density at radius 1 is 1.13 bits per heavy atom. The summed E-state index contributed by atoms with van der Waals surface area (Å²) in [6, 6.07) is 10.4. The number of nitrogens with zero attached hydrogens (tertiary/aromatic N) is 3. The van der Waals surface area contributed by atoms with Gasteiger partial charge in [-0.15, -0.1) is 0 Å². The third kappa shape index (κ3) is 3.98. The Labute approximate surface area is 175 Å². The van der Waals surface area contributed by atoms with Crippen LogP contribution in [0.25, 0.3) is 0 Å². The number of carbonyl (C=O) groups excluding carboxylic acids is 3. The number of nitrogens with one attached hydrogen (secondary N) is 2. The standard InChI is InChI=1S/C22H25N5O3/c1-26(2)18-10-7-14(11-23-18)12-24-19(28)13-25-21(29)20-16-5-3-4-6-17(16)22(30)27(20)15-8-9-15/h3-7,10-11,15,20H,8-9,12-13H2,1-2H3,(H,24,28)(H,25,29). The monoisotopic (exact) mass is 407 g/mol. The zero-order valence-corrected chi connectivity index (χ0v) is 17.1. The zero-order valence-electron chi connectivity index (χ0n) is 17.1. The first kappa shape index (κ1) is 19.9. The molecular formula is C22H25N5O3. The van der Waals surface area contributed by atoms with Crippen molar-refractivity contribution >= 4 is 23.5 Å². The van der Waals surface area contributed by atoms with Gasteiger partial charge < -0.3 is 20.4 Å². The van der Waals surface area contributed by atoms with Crippen LogP contribution in [0.15, 0.2) is 42.6 Å². The molecule has 1 aromatic heterocycles. The largest absolute Gasteiger partial charge is 0.363 e. The van der Waals surface area contributed by atoms with E-state index in [1.165, 1.54) is 0 Å². The minimum absolute atomic E-state index is 0.104. The van der Waals surface area contributed by atoms with Gasteiger partial charge in [0.1, 0.15) is 11.9 Å². The zero-order chi connectivity index (χ0) is 21.3. The number of aromatic nitrogens is 1. The molecule has 0 saturated heterocycles. The molecule has 0 spiro atoms. The quantitative estimate of drug-likeness (QED) is 0.720. The Balaban J connectivity index is 1.33. The summed E-state index contributed by atoms with van der Waals surface area (Å²) in [5.41, 5.74) is 2.15. The van der Waals surface area contributed by atoms with Gasteiger partial charge in [0.2, 0.25) is 11.8 Å². The van der Waals surface area contributed by atoms with E-state index in [1.54, 1.807) is 23.2 Å². The predicted molar refractivity (Wildman–Crippen MR) is 112 cm³/mol.